The molecule has 134 valence electrons. The average molecular weight is 358 g/mol. The molecule has 3 heteroatoms. The van der Waals surface area contributed by atoms with Gasteiger partial charge in [-0.25, -0.2) is 0 Å². The number of benzene rings is 2. The van der Waals surface area contributed by atoms with Crippen molar-refractivity contribution in [1.29, 1.82) is 0 Å². The first-order valence-electron chi connectivity index (χ1n) is 9.32. The van der Waals surface area contributed by atoms with E-state index in [9.17, 15) is 5.11 Å². The molecule has 25 heavy (non-hydrogen) atoms. The van der Waals surface area contributed by atoms with Crippen LogP contribution in [0.2, 0.25) is 5.02 Å². The van der Waals surface area contributed by atoms with Crippen LogP contribution >= 0.6 is 11.6 Å². The zero-order valence-electron chi connectivity index (χ0n) is 15.0. The number of aliphatic hydroxyl groups is 1. The first kappa shape index (κ1) is 18.4. The third-order valence-corrected chi connectivity index (χ3v) is 5.71. The molecule has 1 heterocycles. The Hall–Kier alpha value is -1.35. The Morgan fingerprint density at radius 1 is 1.00 bits per heavy atom. The fourth-order valence-corrected chi connectivity index (χ4v) is 4.01. The minimum atomic E-state index is -0.899. The van der Waals surface area contributed by atoms with E-state index >= 15 is 0 Å². The third kappa shape index (κ3) is 4.63. The minimum Gasteiger partial charge on any atom is -0.384 e. The summed E-state index contributed by atoms with van der Waals surface area (Å²) in [5.74, 6) is 0.131. The lowest BCUT2D eigenvalue weighted by molar-refractivity contribution is -0.0316. The molecule has 1 saturated heterocycles. The predicted molar refractivity (Wildman–Crippen MR) is 105 cm³/mol. The highest BCUT2D eigenvalue weighted by Crippen LogP contribution is 2.35. The van der Waals surface area contributed by atoms with Gasteiger partial charge in [0.2, 0.25) is 0 Å². The molecule has 0 aromatic heterocycles. The van der Waals surface area contributed by atoms with Crippen LogP contribution in [0.15, 0.2) is 54.6 Å². The summed E-state index contributed by atoms with van der Waals surface area (Å²) in [6.07, 6.45) is 4.48. The van der Waals surface area contributed by atoms with Crippen LogP contribution in [-0.2, 0) is 12.0 Å². The van der Waals surface area contributed by atoms with Crippen LogP contribution in [0.4, 0.5) is 0 Å². The molecule has 1 aliphatic heterocycles. The lowest BCUT2D eigenvalue weighted by atomic mass is 9.77. The summed E-state index contributed by atoms with van der Waals surface area (Å²) in [4.78, 5) is 2.50. The molecular weight excluding hydrogens is 330 g/mol. The number of hydrogen-bond donors (Lipinski definition) is 1. The second-order valence-electron chi connectivity index (χ2n) is 7.36. The summed E-state index contributed by atoms with van der Waals surface area (Å²) in [5, 5.41) is 12.5. The van der Waals surface area contributed by atoms with Gasteiger partial charge in [-0.2, -0.15) is 0 Å². The quantitative estimate of drug-likeness (QED) is 0.795. The van der Waals surface area contributed by atoms with Crippen LogP contribution in [0.5, 0.6) is 0 Å². The van der Waals surface area contributed by atoms with E-state index < -0.39 is 5.60 Å². The van der Waals surface area contributed by atoms with Crippen molar-refractivity contribution in [2.24, 2.45) is 5.92 Å². The molecule has 1 N–H and O–H groups in total. The Bertz CT molecular complexity index is 651. The summed E-state index contributed by atoms with van der Waals surface area (Å²) in [5.41, 5.74) is 1.21. The highest BCUT2D eigenvalue weighted by Gasteiger charge is 2.37. The summed E-state index contributed by atoms with van der Waals surface area (Å²) >= 11 is 6.07. The molecule has 0 radical (unpaired) electrons. The van der Waals surface area contributed by atoms with E-state index in [1.54, 1.807) is 0 Å². The van der Waals surface area contributed by atoms with Gasteiger partial charge in [0.1, 0.15) is 0 Å². The van der Waals surface area contributed by atoms with Crippen LogP contribution in [0, 0.1) is 5.92 Å². The number of hydrogen-bond acceptors (Lipinski definition) is 2. The van der Waals surface area contributed by atoms with Gasteiger partial charge in [0.25, 0.3) is 0 Å². The first-order chi connectivity index (χ1) is 12.1. The van der Waals surface area contributed by atoms with Gasteiger partial charge in [-0.1, -0.05) is 67.4 Å². The van der Waals surface area contributed by atoms with E-state index in [4.69, 9.17) is 11.6 Å². The van der Waals surface area contributed by atoms with Gasteiger partial charge in [-0.05, 0) is 49.2 Å². The first-order valence-corrected chi connectivity index (χ1v) is 9.70. The van der Waals surface area contributed by atoms with Gasteiger partial charge in [0.15, 0.2) is 0 Å². The van der Waals surface area contributed by atoms with Crippen LogP contribution in [0.3, 0.4) is 0 Å². The molecule has 1 aliphatic rings. The van der Waals surface area contributed by atoms with E-state index in [1.165, 1.54) is 19.3 Å². The maximum absolute atomic E-state index is 11.8. The van der Waals surface area contributed by atoms with E-state index in [2.05, 4.69) is 24.0 Å². The van der Waals surface area contributed by atoms with Gasteiger partial charge < -0.3 is 10.0 Å². The molecule has 1 fully saturated rings. The van der Waals surface area contributed by atoms with Gasteiger partial charge in [0.05, 0.1) is 5.60 Å². The summed E-state index contributed by atoms with van der Waals surface area (Å²) in [7, 11) is 0. The van der Waals surface area contributed by atoms with E-state index in [0.29, 0.717) is 11.4 Å². The van der Waals surface area contributed by atoms with E-state index in [0.717, 1.165) is 30.8 Å². The van der Waals surface area contributed by atoms with Crippen molar-refractivity contribution in [1.82, 2.24) is 4.90 Å². The second kappa shape index (κ2) is 8.35. The number of halogens is 1. The molecule has 0 saturated carbocycles. The van der Waals surface area contributed by atoms with Gasteiger partial charge in [-0.15, -0.1) is 0 Å². The van der Waals surface area contributed by atoms with Crippen molar-refractivity contribution in [3.05, 3.63) is 70.7 Å². The number of nitrogens with zero attached hydrogens (tertiary/aromatic N) is 1. The minimum absolute atomic E-state index is 0.131. The molecule has 0 unspecified atom stereocenters. The average Bonchev–Trinajstić information content (AvgIpc) is 2.64. The van der Waals surface area contributed by atoms with Crippen LogP contribution in [0.25, 0.3) is 0 Å². The maximum atomic E-state index is 11.8. The Morgan fingerprint density at radius 3 is 2.28 bits per heavy atom. The SMILES string of the molecule is C[C@@H](CN1CCCCC1)[C@@](O)(Cc1ccccc1)c1ccc(Cl)cc1. The van der Waals surface area contributed by atoms with Crippen molar-refractivity contribution in [2.45, 2.75) is 38.2 Å². The Labute approximate surface area is 156 Å². The Kier molecular flexibility index (Phi) is 6.16. The molecule has 3 rings (SSSR count). The lowest BCUT2D eigenvalue weighted by Gasteiger charge is -2.39. The smallest absolute Gasteiger partial charge is 0.0974 e. The second-order valence-corrected chi connectivity index (χ2v) is 7.79. The van der Waals surface area contributed by atoms with Gasteiger partial charge >= 0.3 is 0 Å². The van der Waals surface area contributed by atoms with Crippen molar-refractivity contribution in [2.75, 3.05) is 19.6 Å². The van der Waals surface area contributed by atoms with Crippen molar-refractivity contribution in [3.8, 4) is 0 Å². The fourth-order valence-electron chi connectivity index (χ4n) is 3.89. The van der Waals surface area contributed by atoms with Gasteiger partial charge in [-0.3, -0.25) is 0 Å². The molecule has 0 bridgehead atoms. The highest BCUT2D eigenvalue weighted by atomic mass is 35.5. The monoisotopic (exact) mass is 357 g/mol. The predicted octanol–water partition coefficient (Wildman–Crippen LogP) is 4.89. The molecular formula is C22H28ClNO. The standard InChI is InChI=1S/C22H28ClNO/c1-18(17-24-14-6-3-7-15-24)22(25,16-19-8-4-2-5-9-19)20-10-12-21(23)13-11-20/h2,4-5,8-13,18,25H,3,6-7,14-17H2,1H3/t18-,22-/m0/s1. The third-order valence-electron chi connectivity index (χ3n) is 5.46. The van der Waals surface area contributed by atoms with Crippen LogP contribution in [-0.4, -0.2) is 29.6 Å². The fraction of sp³-hybridized carbons (Fsp3) is 0.455. The Balaban J connectivity index is 1.85. The van der Waals surface area contributed by atoms with Gasteiger partial charge in [0, 0.05) is 23.9 Å². The summed E-state index contributed by atoms with van der Waals surface area (Å²) in [6.45, 7) is 5.39. The maximum Gasteiger partial charge on any atom is 0.0974 e. The normalized spacial score (nSPS) is 19.3. The van der Waals surface area contributed by atoms with Crippen LogP contribution in [0.1, 0.15) is 37.3 Å². The summed E-state index contributed by atoms with van der Waals surface area (Å²) in [6, 6.07) is 18.0. The molecule has 2 nitrogen and oxygen atoms in total. The molecule has 2 atom stereocenters. The number of likely N-dealkylation sites (tertiary alicyclic amines) is 1. The highest BCUT2D eigenvalue weighted by molar-refractivity contribution is 6.30. The molecule has 0 amide bonds. The molecule has 2 aromatic carbocycles. The lowest BCUT2D eigenvalue weighted by Crippen LogP contribution is -2.44. The summed E-state index contributed by atoms with van der Waals surface area (Å²) < 4.78 is 0. The van der Waals surface area contributed by atoms with Crippen molar-refractivity contribution < 1.29 is 5.11 Å². The number of piperidine rings is 1. The van der Waals surface area contributed by atoms with Crippen LogP contribution < -0.4 is 0 Å². The molecule has 2 aromatic rings. The zero-order chi connectivity index (χ0) is 17.7. The van der Waals surface area contributed by atoms with Crippen molar-refractivity contribution in [3.63, 3.8) is 0 Å². The van der Waals surface area contributed by atoms with E-state index in [1.807, 2.05) is 42.5 Å². The largest absolute Gasteiger partial charge is 0.384 e. The zero-order valence-corrected chi connectivity index (χ0v) is 15.8. The Morgan fingerprint density at radius 2 is 1.64 bits per heavy atom. The van der Waals surface area contributed by atoms with Crippen molar-refractivity contribution >= 4 is 11.6 Å². The number of rotatable bonds is 6. The van der Waals surface area contributed by atoms with E-state index in [-0.39, 0.29) is 5.92 Å². The topological polar surface area (TPSA) is 23.5 Å². The molecule has 0 aliphatic carbocycles. The molecule has 0 spiro atoms.